The molecule has 5 nitrogen and oxygen atoms in total. The van der Waals surface area contributed by atoms with Crippen molar-refractivity contribution in [3.8, 4) is 0 Å². The highest BCUT2D eigenvalue weighted by molar-refractivity contribution is 7.93. The van der Waals surface area contributed by atoms with Gasteiger partial charge < -0.3 is 4.74 Å². The molecule has 1 N–H and O–H groups in total. The Balaban J connectivity index is 2.67. The van der Waals surface area contributed by atoms with E-state index in [9.17, 15) is 13.2 Å². The molecule has 1 aromatic rings. The summed E-state index contributed by atoms with van der Waals surface area (Å²) in [7, 11) is -3.86. The van der Waals surface area contributed by atoms with Crippen LogP contribution in [-0.4, -0.2) is 20.1 Å². The number of sulfonamides is 1. The van der Waals surface area contributed by atoms with E-state index in [1.165, 1.54) is 6.08 Å². The first-order valence-electron chi connectivity index (χ1n) is 5.67. The number of nitrogens with one attached hydrogen (secondary N) is 1. The van der Waals surface area contributed by atoms with Gasteiger partial charge in [-0.3, -0.25) is 0 Å². The van der Waals surface area contributed by atoms with Crippen LogP contribution in [-0.2, 0) is 14.8 Å². The summed E-state index contributed by atoms with van der Waals surface area (Å²) in [5.41, 5.74) is -0.0278. The Morgan fingerprint density at radius 2 is 1.79 bits per heavy atom. The molecule has 1 rings (SSSR count). The summed E-state index contributed by atoms with van der Waals surface area (Å²) in [4.78, 5) is 11.3. The summed E-state index contributed by atoms with van der Waals surface area (Å²) in [6.45, 7) is 4.96. The quantitative estimate of drug-likeness (QED) is 0.925. The number of ether oxygens (including phenoxy) is 1. The number of hydrogen-bond acceptors (Lipinski definition) is 4. The van der Waals surface area contributed by atoms with E-state index < -0.39 is 21.7 Å². The first-order valence-corrected chi connectivity index (χ1v) is 7.21. The topological polar surface area (TPSA) is 72.5 Å². The Morgan fingerprint density at radius 1 is 1.21 bits per heavy atom. The van der Waals surface area contributed by atoms with E-state index in [0.29, 0.717) is 0 Å². The molecule has 6 heteroatoms. The van der Waals surface area contributed by atoms with E-state index >= 15 is 0 Å². The molecule has 0 radical (unpaired) electrons. The first kappa shape index (κ1) is 15.2. The van der Waals surface area contributed by atoms with E-state index in [-0.39, 0.29) is 0 Å². The van der Waals surface area contributed by atoms with Crippen molar-refractivity contribution in [2.24, 2.45) is 0 Å². The van der Waals surface area contributed by atoms with E-state index in [1.807, 2.05) is 10.8 Å². The normalized spacial score (nSPS) is 12.4. The molecule has 0 aliphatic heterocycles. The van der Waals surface area contributed by atoms with Crippen molar-refractivity contribution in [1.29, 1.82) is 0 Å². The van der Waals surface area contributed by atoms with Crippen molar-refractivity contribution in [2.75, 3.05) is 0 Å². The molecule has 1 amide bonds. The maximum Gasteiger partial charge on any atom is 0.421 e. The second-order valence-electron chi connectivity index (χ2n) is 4.86. The second-order valence-corrected chi connectivity index (χ2v) is 6.43. The van der Waals surface area contributed by atoms with Crippen LogP contribution in [0.4, 0.5) is 4.79 Å². The molecule has 0 bridgehead atoms. The molecule has 0 aromatic heterocycles. The zero-order chi connectivity index (χ0) is 14.5. The van der Waals surface area contributed by atoms with Crippen molar-refractivity contribution in [3.05, 3.63) is 41.3 Å². The van der Waals surface area contributed by atoms with E-state index in [2.05, 4.69) is 0 Å². The highest BCUT2D eigenvalue weighted by atomic mass is 32.2. The van der Waals surface area contributed by atoms with Gasteiger partial charge >= 0.3 is 6.09 Å². The van der Waals surface area contributed by atoms with Crippen LogP contribution in [0.25, 0.3) is 6.08 Å². The molecule has 104 valence electrons. The lowest BCUT2D eigenvalue weighted by molar-refractivity contribution is 0.0571. The third-order valence-corrected chi connectivity index (χ3v) is 2.81. The van der Waals surface area contributed by atoms with Gasteiger partial charge in [0.2, 0.25) is 0 Å². The molecule has 0 saturated carbocycles. The molecular formula is C13H17NO4S. The predicted molar refractivity (Wildman–Crippen MR) is 73.8 cm³/mol. The fourth-order valence-corrected chi connectivity index (χ4v) is 1.86. The smallest absolute Gasteiger partial charge is 0.421 e. The largest absolute Gasteiger partial charge is 0.443 e. The third kappa shape index (κ3) is 6.61. The fraction of sp³-hybridized carbons (Fsp3) is 0.308. The molecule has 0 fully saturated rings. The van der Waals surface area contributed by atoms with E-state index in [1.54, 1.807) is 45.0 Å². The molecule has 0 saturated heterocycles. The Morgan fingerprint density at radius 3 is 2.32 bits per heavy atom. The van der Waals surface area contributed by atoms with E-state index in [4.69, 9.17) is 4.74 Å². The summed E-state index contributed by atoms with van der Waals surface area (Å²) < 4.78 is 29.9. The maximum atomic E-state index is 11.6. The molecule has 0 unspecified atom stereocenters. The average Bonchev–Trinajstić information content (AvgIpc) is 2.24. The van der Waals surface area contributed by atoms with Gasteiger partial charge in [0.05, 0.1) is 5.41 Å². The number of rotatable bonds is 3. The van der Waals surface area contributed by atoms with Crippen molar-refractivity contribution in [1.82, 2.24) is 4.72 Å². The summed E-state index contributed by atoms with van der Waals surface area (Å²) in [5, 5.41) is 0.923. The van der Waals surface area contributed by atoms with Crippen LogP contribution >= 0.6 is 0 Å². The average molecular weight is 283 g/mol. The summed E-state index contributed by atoms with van der Waals surface area (Å²) in [6, 6.07) is 8.89. The van der Waals surface area contributed by atoms with Gasteiger partial charge in [0.25, 0.3) is 10.0 Å². The molecule has 19 heavy (non-hydrogen) atoms. The van der Waals surface area contributed by atoms with Gasteiger partial charge in [0.15, 0.2) is 0 Å². The lowest BCUT2D eigenvalue weighted by Gasteiger charge is -2.19. The summed E-state index contributed by atoms with van der Waals surface area (Å²) in [5.74, 6) is 0. The Kier molecular flexibility index (Phi) is 4.72. The highest BCUT2D eigenvalue weighted by Gasteiger charge is 2.19. The standard InChI is InChI=1S/C13H17NO4S/c1-13(2,3)18-12(15)14-19(16,17)10-9-11-7-5-4-6-8-11/h4-10H,1-3H3,(H,14,15)/b10-9+. The minimum absolute atomic E-state index is 0.720. The van der Waals surface area contributed by atoms with Crippen LogP contribution in [0, 0.1) is 0 Å². The maximum absolute atomic E-state index is 11.6. The minimum atomic E-state index is -3.86. The van der Waals surface area contributed by atoms with Gasteiger partial charge in [0.1, 0.15) is 5.60 Å². The van der Waals surface area contributed by atoms with Crippen molar-refractivity contribution >= 4 is 22.2 Å². The summed E-state index contributed by atoms with van der Waals surface area (Å²) in [6.07, 6.45) is 0.400. The number of carbonyl (C=O) groups excluding carboxylic acids is 1. The van der Waals surface area contributed by atoms with Crippen LogP contribution in [0.3, 0.4) is 0 Å². The highest BCUT2D eigenvalue weighted by Crippen LogP contribution is 2.07. The zero-order valence-electron chi connectivity index (χ0n) is 11.1. The van der Waals surface area contributed by atoms with Crippen LogP contribution in [0.5, 0.6) is 0 Å². The van der Waals surface area contributed by atoms with Crippen molar-refractivity contribution in [3.63, 3.8) is 0 Å². The third-order valence-electron chi connectivity index (χ3n) is 1.86. The lowest BCUT2D eigenvalue weighted by atomic mass is 10.2. The second kappa shape index (κ2) is 5.88. The Labute approximate surface area is 113 Å². The van der Waals surface area contributed by atoms with Gasteiger partial charge in [-0.15, -0.1) is 0 Å². The zero-order valence-corrected chi connectivity index (χ0v) is 11.9. The van der Waals surface area contributed by atoms with Crippen LogP contribution < -0.4 is 4.72 Å². The van der Waals surface area contributed by atoms with Crippen LogP contribution in [0.2, 0.25) is 0 Å². The molecule has 1 aromatic carbocycles. The van der Waals surface area contributed by atoms with Crippen LogP contribution in [0.1, 0.15) is 26.3 Å². The van der Waals surface area contributed by atoms with Gasteiger partial charge in [-0.25, -0.2) is 17.9 Å². The lowest BCUT2D eigenvalue weighted by Crippen LogP contribution is -2.35. The molecule has 0 spiro atoms. The predicted octanol–water partition coefficient (Wildman–Crippen LogP) is 2.51. The minimum Gasteiger partial charge on any atom is -0.443 e. The SMILES string of the molecule is CC(C)(C)OC(=O)NS(=O)(=O)/C=C/c1ccccc1. The van der Waals surface area contributed by atoms with Crippen molar-refractivity contribution < 1.29 is 17.9 Å². The molecule has 0 aliphatic carbocycles. The Bertz CT molecular complexity index is 556. The molecule has 0 aliphatic rings. The molecular weight excluding hydrogens is 266 g/mol. The monoisotopic (exact) mass is 283 g/mol. The first-order chi connectivity index (χ1) is 8.68. The Hall–Kier alpha value is -1.82. The van der Waals surface area contributed by atoms with E-state index in [0.717, 1.165) is 11.0 Å². The summed E-state index contributed by atoms with van der Waals surface area (Å²) >= 11 is 0. The van der Waals surface area contributed by atoms with Gasteiger partial charge in [0, 0.05) is 0 Å². The van der Waals surface area contributed by atoms with Crippen molar-refractivity contribution in [2.45, 2.75) is 26.4 Å². The molecule has 0 atom stereocenters. The van der Waals surface area contributed by atoms with Gasteiger partial charge in [-0.05, 0) is 32.4 Å². The number of amides is 1. The fourth-order valence-electron chi connectivity index (χ4n) is 1.18. The number of carbonyl (C=O) groups is 1. The molecule has 0 heterocycles. The van der Waals surface area contributed by atoms with Gasteiger partial charge in [-0.2, -0.15) is 0 Å². The van der Waals surface area contributed by atoms with Crippen LogP contribution in [0.15, 0.2) is 35.7 Å². The number of hydrogen-bond donors (Lipinski definition) is 1. The number of benzene rings is 1. The van der Waals surface area contributed by atoms with Gasteiger partial charge in [-0.1, -0.05) is 30.3 Å².